The maximum absolute atomic E-state index is 13.5. The summed E-state index contributed by atoms with van der Waals surface area (Å²) in [6.07, 6.45) is 5.34. The van der Waals surface area contributed by atoms with Crippen LogP contribution in [0.15, 0.2) is 30.6 Å². The Morgan fingerprint density at radius 3 is 2.34 bits per heavy atom. The van der Waals surface area contributed by atoms with Gasteiger partial charge in [-0.1, -0.05) is 13.0 Å². The van der Waals surface area contributed by atoms with Crippen LogP contribution in [0.1, 0.15) is 55.1 Å². The van der Waals surface area contributed by atoms with Gasteiger partial charge in [-0.2, -0.15) is 11.8 Å². The molecule has 0 aliphatic carbocycles. The molecule has 1 aromatic carbocycles. The first-order valence-electron chi connectivity index (χ1n) is 11.3. The van der Waals surface area contributed by atoms with E-state index in [1.807, 2.05) is 13.0 Å². The third-order valence-corrected chi connectivity index (χ3v) is 9.39. The van der Waals surface area contributed by atoms with Gasteiger partial charge in [-0.05, 0) is 50.1 Å². The van der Waals surface area contributed by atoms with E-state index in [0.29, 0.717) is 28.8 Å². The summed E-state index contributed by atoms with van der Waals surface area (Å²) in [4.78, 5) is 8.63. The maximum Gasteiger partial charge on any atom is 0.243 e. The van der Waals surface area contributed by atoms with Gasteiger partial charge in [0.25, 0.3) is 0 Å². The Balaban J connectivity index is 1.76. The number of ether oxygens (including phenoxy) is 2. The molecule has 4 rings (SSSR count). The molecular formula is C23H30N6O4S2. The molecule has 3 atom stereocenters. The molecule has 1 aliphatic rings. The Morgan fingerprint density at radius 2 is 1.77 bits per heavy atom. The predicted molar refractivity (Wildman–Crippen MR) is 136 cm³/mol. The van der Waals surface area contributed by atoms with Crippen LogP contribution in [-0.4, -0.2) is 58.4 Å². The van der Waals surface area contributed by atoms with E-state index in [0.717, 1.165) is 24.2 Å². The lowest BCUT2D eigenvalue weighted by Crippen LogP contribution is -2.31. The van der Waals surface area contributed by atoms with Crippen LogP contribution >= 0.6 is 11.8 Å². The summed E-state index contributed by atoms with van der Waals surface area (Å²) in [6, 6.07) is 5.40. The van der Waals surface area contributed by atoms with Crippen molar-refractivity contribution >= 4 is 27.7 Å². The number of para-hydroxylation sites is 1. The topological polar surface area (TPSA) is 121 Å². The minimum Gasteiger partial charge on any atom is -0.494 e. The van der Waals surface area contributed by atoms with Crippen LogP contribution in [0.5, 0.6) is 11.5 Å². The Bertz CT molecular complexity index is 1250. The number of aromatic nitrogens is 5. The zero-order valence-electron chi connectivity index (χ0n) is 20.4. The molecule has 188 valence electrons. The number of aryl methyl sites for hydroxylation is 1. The van der Waals surface area contributed by atoms with Gasteiger partial charge in [0, 0.05) is 18.3 Å². The molecule has 35 heavy (non-hydrogen) atoms. The van der Waals surface area contributed by atoms with E-state index in [1.54, 1.807) is 68.9 Å². The Kier molecular flexibility index (Phi) is 7.50. The first-order valence-corrected chi connectivity index (χ1v) is 13.9. The van der Waals surface area contributed by atoms with Crippen LogP contribution in [0, 0.1) is 6.92 Å². The molecule has 1 unspecified atom stereocenters. The van der Waals surface area contributed by atoms with E-state index < -0.39 is 21.2 Å². The summed E-state index contributed by atoms with van der Waals surface area (Å²) in [5, 5.41) is 7.92. The van der Waals surface area contributed by atoms with Gasteiger partial charge in [0.2, 0.25) is 16.0 Å². The van der Waals surface area contributed by atoms with Crippen LogP contribution in [-0.2, 0) is 10.0 Å². The molecule has 3 aromatic rings. The Hall–Kier alpha value is -2.86. The molecule has 1 N–H and O–H groups in total. The van der Waals surface area contributed by atoms with Crippen molar-refractivity contribution in [2.24, 2.45) is 0 Å². The van der Waals surface area contributed by atoms with Crippen molar-refractivity contribution in [2.75, 3.05) is 24.7 Å². The van der Waals surface area contributed by atoms with Crippen molar-refractivity contribution < 1.29 is 17.9 Å². The number of benzene rings is 1. The van der Waals surface area contributed by atoms with E-state index in [9.17, 15) is 8.42 Å². The molecule has 1 fully saturated rings. The van der Waals surface area contributed by atoms with Gasteiger partial charge in [-0.25, -0.2) is 18.4 Å². The minimum absolute atomic E-state index is 0.0766. The number of anilines is 1. The van der Waals surface area contributed by atoms with Gasteiger partial charge in [0.15, 0.2) is 5.82 Å². The fourth-order valence-electron chi connectivity index (χ4n) is 3.96. The van der Waals surface area contributed by atoms with Crippen LogP contribution in [0.4, 0.5) is 5.95 Å². The lowest BCUT2D eigenvalue weighted by atomic mass is 10.1. The largest absolute Gasteiger partial charge is 0.494 e. The fraction of sp³-hybridized carbons (Fsp3) is 0.478. The lowest BCUT2D eigenvalue weighted by Gasteiger charge is -2.22. The summed E-state index contributed by atoms with van der Waals surface area (Å²) < 4.78 is 42.6. The molecular weight excluding hydrogens is 488 g/mol. The van der Waals surface area contributed by atoms with Gasteiger partial charge in [0.05, 0.1) is 24.7 Å². The quantitative estimate of drug-likeness (QED) is 0.450. The number of hydrogen-bond acceptors (Lipinski definition) is 9. The number of nitrogens with one attached hydrogen (secondary N) is 1. The monoisotopic (exact) mass is 518 g/mol. The second-order valence-electron chi connectivity index (χ2n) is 8.49. The number of nitrogens with zero attached hydrogens (tertiary/aromatic N) is 5. The number of sulfonamides is 1. The van der Waals surface area contributed by atoms with Gasteiger partial charge in [0.1, 0.15) is 23.0 Å². The zero-order chi connectivity index (χ0) is 25.2. The molecule has 10 nitrogen and oxygen atoms in total. The first kappa shape index (κ1) is 25.2. The van der Waals surface area contributed by atoms with E-state index in [1.165, 1.54) is 0 Å². The van der Waals surface area contributed by atoms with Crippen molar-refractivity contribution in [1.29, 1.82) is 0 Å². The van der Waals surface area contributed by atoms with Crippen molar-refractivity contribution in [3.8, 4) is 17.2 Å². The SMILES string of the molecule is COc1cccc(OC)c1-n1c(NS(=O)(=O)[C@@H](C)[C@H](C)c2ncc(C)cn2)nnc1C1CCCS1. The first-order chi connectivity index (χ1) is 16.8. The van der Waals surface area contributed by atoms with Crippen LogP contribution in [0.2, 0.25) is 0 Å². The summed E-state index contributed by atoms with van der Waals surface area (Å²) in [7, 11) is -0.778. The molecule has 1 aliphatic heterocycles. The highest BCUT2D eigenvalue weighted by molar-refractivity contribution is 7.99. The third-order valence-electron chi connectivity index (χ3n) is 6.17. The molecule has 0 bridgehead atoms. The summed E-state index contributed by atoms with van der Waals surface area (Å²) >= 11 is 1.77. The molecule has 0 saturated carbocycles. The van der Waals surface area contributed by atoms with Crippen molar-refractivity contribution in [1.82, 2.24) is 24.7 Å². The number of rotatable bonds is 9. The maximum atomic E-state index is 13.5. The van der Waals surface area contributed by atoms with Crippen molar-refractivity contribution in [2.45, 2.75) is 50.0 Å². The molecule has 1 saturated heterocycles. The van der Waals surface area contributed by atoms with Crippen LogP contribution in [0.25, 0.3) is 5.69 Å². The Labute approximate surface area is 209 Å². The van der Waals surface area contributed by atoms with E-state index in [-0.39, 0.29) is 11.2 Å². The fourth-order valence-corrected chi connectivity index (χ4v) is 6.45. The van der Waals surface area contributed by atoms with Crippen LogP contribution in [0.3, 0.4) is 0 Å². The Morgan fingerprint density at radius 1 is 1.11 bits per heavy atom. The van der Waals surface area contributed by atoms with E-state index in [2.05, 4.69) is 24.9 Å². The van der Waals surface area contributed by atoms with Gasteiger partial charge in [-0.3, -0.25) is 9.29 Å². The molecule has 12 heteroatoms. The van der Waals surface area contributed by atoms with Crippen LogP contribution < -0.4 is 14.2 Å². The standard InChI is InChI=1S/C23H30N6O4S2/c1-14-12-24-21(25-13-14)15(2)16(3)35(30,31)28-23-27-26-22(19-10-7-11-34-19)29(23)20-17(32-4)8-6-9-18(20)33-5/h6,8-9,12-13,15-16,19H,7,10-11H2,1-5H3,(H,27,28)/t15-,16-,19?/m0/s1. The molecule has 0 amide bonds. The average molecular weight is 519 g/mol. The molecule has 0 spiro atoms. The van der Waals surface area contributed by atoms with Gasteiger partial charge < -0.3 is 9.47 Å². The molecule has 2 aromatic heterocycles. The van der Waals surface area contributed by atoms with Gasteiger partial charge in [-0.15, -0.1) is 10.2 Å². The zero-order valence-corrected chi connectivity index (χ0v) is 22.1. The molecule has 0 radical (unpaired) electrons. The van der Waals surface area contributed by atoms with Gasteiger partial charge >= 0.3 is 0 Å². The minimum atomic E-state index is -3.89. The van der Waals surface area contributed by atoms with E-state index >= 15 is 0 Å². The second-order valence-corrected chi connectivity index (χ2v) is 11.8. The number of methoxy groups -OCH3 is 2. The second kappa shape index (κ2) is 10.4. The normalized spacial score (nSPS) is 17.7. The third kappa shape index (κ3) is 5.08. The highest BCUT2D eigenvalue weighted by atomic mass is 32.2. The predicted octanol–water partition coefficient (Wildman–Crippen LogP) is 3.88. The van der Waals surface area contributed by atoms with Crippen molar-refractivity contribution in [3.63, 3.8) is 0 Å². The molecule has 3 heterocycles. The van der Waals surface area contributed by atoms with Crippen molar-refractivity contribution in [3.05, 3.63) is 47.8 Å². The number of thioether (sulfide) groups is 1. The van der Waals surface area contributed by atoms with E-state index in [4.69, 9.17) is 9.47 Å². The number of hydrogen-bond donors (Lipinski definition) is 1. The lowest BCUT2D eigenvalue weighted by molar-refractivity contribution is 0.390. The highest BCUT2D eigenvalue weighted by Gasteiger charge is 2.34. The summed E-state index contributed by atoms with van der Waals surface area (Å²) in [5.74, 6) is 2.79. The smallest absolute Gasteiger partial charge is 0.243 e. The highest BCUT2D eigenvalue weighted by Crippen LogP contribution is 2.43. The summed E-state index contributed by atoms with van der Waals surface area (Å²) in [5.41, 5.74) is 1.45. The summed E-state index contributed by atoms with van der Waals surface area (Å²) in [6.45, 7) is 5.31. The average Bonchev–Trinajstić information content (AvgIpc) is 3.52.